The van der Waals surface area contributed by atoms with Gasteiger partial charge < -0.3 is 14.8 Å². The van der Waals surface area contributed by atoms with Crippen LogP contribution in [0.2, 0.25) is 0 Å². The van der Waals surface area contributed by atoms with Gasteiger partial charge in [0.05, 0.1) is 23.7 Å². The average molecular weight is 365 g/mol. The van der Waals surface area contributed by atoms with Gasteiger partial charge in [-0.15, -0.1) is 0 Å². The predicted octanol–water partition coefficient (Wildman–Crippen LogP) is 3.58. The second-order valence-corrected chi connectivity index (χ2v) is 7.61. The van der Waals surface area contributed by atoms with Gasteiger partial charge >= 0.3 is 0 Å². The van der Waals surface area contributed by atoms with Crippen LogP contribution in [0.5, 0.6) is 5.75 Å². The van der Waals surface area contributed by atoms with E-state index < -0.39 is 0 Å². The number of aliphatic hydroxyl groups is 1. The highest BCUT2D eigenvalue weighted by molar-refractivity contribution is 5.75. The van der Waals surface area contributed by atoms with Crippen molar-refractivity contribution in [3.63, 3.8) is 0 Å². The van der Waals surface area contributed by atoms with E-state index in [0.29, 0.717) is 11.8 Å². The van der Waals surface area contributed by atoms with Gasteiger partial charge in [-0.2, -0.15) is 0 Å². The lowest BCUT2D eigenvalue weighted by atomic mass is 9.91. The van der Waals surface area contributed by atoms with Crippen molar-refractivity contribution < 1.29 is 10.2 Å². The Hall–Kier alpha value is -2.37. The summed E-state index contributed by atoms with van der Waals surface area (Å²) in [5.41, 5.74) is 3.26. The van der Waals surface area contributed by atoms with Crippen LogP contribution in [-0.2, 0) is 20.1 Å². The first-order valence-corrected chi connectivity index (χ1v) is 9.70. The van der Waals surface area contributed by atoms with Gasteiger partial charge in [-0.05, 0) is 55.5 Å². The Morgan fingerprint density at radius 1 is 1.04 bits per heavy atom. The van der Waals surface area contributed by atoms with Crippen molar-refractivity contribution in [2.75, 3.05) is 0 Å². The molecule has 4 rings (SSSR count). The van der Waals surface area contributed by atoms with Crippen LogP contribution >= 0.6 is 0 Å². The fourth-order valence-corrected chi connectivity index (χ4v) is 4.15. The minimum absolute atomic E-state index is 0.167. The van der Waals surface area contributed by atoms with E-state index in [4.69, 9.17) is 4.98 Å². The average Bonchev–Trinajstić information content (AvgIpc) is 2.98. The van der Waals surface area contributed by atoms with Gasteiger partial charge in [0.2, 0.25) is 0 Å². The second-order valence-electron chi connectivity index (χ2n) is 7.61. The largest absolute Gasteiger partial charge is 0.508 e. The third-order valence-corrected chi connectivity index (χ3v) is 5.70. The molecule has 1 saturated carbocycles. The Kier molecular flexibility index (Phi) is 5.14. The molecule has 0 atom stereocenters. The van der Waals surface area contributed by atoms with Crippen molar-refractivity contribution in [1.29, 1.82) is 0 Å². The molecule has 27 heavy (non-hydrogen) atoms. The zero-order chi connectivity index (χ0) is 18.8. The van der Waals surface area contributed by atoms with Gasteiger partial charge in [0.15, 0.2) is 0 Å². The van der Waals surface area contributed by atoms with Crippen LogP contribution in [0.1, 0.15) is 37.1 Å². The van der Waals surface area contributed by atoms with Gasteiger partial charge in [-0.25, -0.2) is 4.98 Å². The Labute approximate surface area is 159 Å². The third-order valence-electron chi connectivity index (χ3n) is 5.70. The zero-order valence-corrected chi connectivity index (χ0v) is 15.8. The first kappa shape index (κ1) is 18.0. The van der Waals surface area contributed by atoms with E-state index in [1.165, 1.54) is 0 Å². The molecular formula is C22H27N3O2. The molecule has 1 aliphatic carbocycles. The van der Waals surface area contributed by atoms with Gasteiger partial charge in [0.1, 0.15) is 11.6 Å². The molecule has 2 aromatic carbocycles. The summed E-state index contributed by atoms with van der Waals surface area (Å²) in [6, 6.07) is 16.1. The summed E-state index contributed by atoms with van der Waals surface area (Å²) >= 11 is 0. The molecule has 1 aromatic heterocycles. The van der Waals surface area contributed by atoms with E-state index in [9.17, 15) is 10.2 Å². The van der Waals surface area contributed by atoms with Crippen molar-refractivity contribution >= 4 is 11.0 Å². The van der Waals surface area contributed by atoms with Crippen molar-refractivity contribution in [2.45, 2.75) is 50.9 Å². The molecule has 0 spiro atoms. The summed E-state index contributed by atoms with van der Waals surface area (Å²) in [6.45, 7) is 1.51. The number of aromatic nitrogens is 2. The molecule has 2 N–H and O–H groups in total. The molecule has 0 unspecified atom stereocenters. The monoisotopic (exact) mass is 365 g/mol. The Morgan fingerprint density at radius 3 is 2.56 bits per heavy atom. The minimum Gasteiger partial charge on any atom is -0.508 e. The number of para-hydroxylation sites is 2. The number of rotatable bonds is 5. The smallest absolute Gasteiger partial charge is 0.123 e. The lowest BCUT2D eigenvalue weighted by Crippen LogP contribution is -2.38. The van der Waals surface area contributed by atoms with E-state index in [-0.39, 0.29) is 6.10 Å². The normalized spacial score (nSPS) is 20.4. The van der Waals surface area contributed by atoms with Crippen LogP contribution in [0.4, 0.5) is 0 Å². The lowest BCUT2D eigenvalue weighted by molar-refractivity contribution is 0.0650. The van der Waals surface area contributed by atoms with Crippen LogP contribution in [0.3, 0.4) is 0 Å². The van der Waals surface area contributed by atoms with E-state index in [0.717, 1.165) is 61.2 Å². The standard InChI is InChI=1S/C22H27N3O2/c1-24-21-8-3-2-7-20(21)23-22(24)15-25(17-9-11-18(26)12-10-17)14-16-5-4-6-19(27)13-16/h2-8,13,17-18,26-27H,9-12,14-15H2,1H3. The highest BCUT2D eigenvalue weighted by Gasteiger charge is 2.26. The molecule has 0 amide bonds. The number of aromatic hydroxyl groups is 1. The van der Waals surface area contributed by atoms with Crippen molar-refractivity contribution in [2.24, 2.45) is 7.05 Å². The quantitative estimate of drug-likeness (QED) is 0.725. The maximum absolute atomic E-state index is 9.90. The summed E-state index contributed by atoms with van der Waals surface area (Å²) in [6.07, 6.45) is 3.51. The Morgan fingerprint density at radius 2 is 1.81 bits per heavy atom. The van der Waals surface area contributed by atoms with Gasteiger partial charge in [-0.3, -0.25) is 4.90 Å². The topological polar surface area (TPSA) is 61.5 Å². The number of fused-ring (bicyclic) bond motifs is 1. The molecule has 1 heterocycles. The number of hydrogen-bond acceptors (Lipinski definition) is 4. The number of hydrogen-bond donors (Lipinski definition) is 2. The molecule has 3 aromatic rings. The fraction of sp³-hybridized carbons (Fsp3) is 0.409. The summed E-state index contributed by atoms with van der Waals surface area (Å²) in [5.74, 6) is 1.34. The van der Waals surface area contributed by atoms with Crippen molar-refractivity contribution in [3.8, 4) is 5.75 Å². The van der Waals surface area contributed by atoms with Crippen LogP contribution in [-0.4, -0.2) is 36.8 Å². The first-order chi connectivity index (χ1) is 13.1. The molecule has 5 heteroatoms. The number of imidazole rings is 1. The van der Waals surface area contributed by atoms with E-state index in [2.05, 4.69) is 34.7 Å². The van der Waals surface area contributed by atoms with Crippen LogP contribution in [0.15, 0.2) is 48.5 Å². The van der Waals surface area contributed by atoms with Crippen molar-refractivity contribution in [1.82, 2.24) is 14.5 Å². The highest BCUT2D eigenvalue weighted by atomic mass is 16.3. The van der Waals surface area contributed by atoms with E-state index in [1.807, 2.05) is 24.3 Å². The lowest BCUT2D eigenvalue weighted by Gasteiger charge is -2.35. The zero-order valence-electron chi connectivity index (χ0n) is 15.8. The molecule has 1 aliphatic rings. The molecule has 5 nitrogen and oxygen atoms in total. The number of benzene rings is 2. The Balaban J connectivity index is 1.61. The minimum atomic E-state index is -0.167. The van der Waals surface area contributed by atoms with Crippen LogP contribution < -0.4 is 0 Å². The molecular weight excluding hydrogens is 338 g/mol. The summed E-state index contributed by atoms with van der Waals surface area (Å²) in [4.78, 5) is 7.29. The fourth-order valence-electron chi connectivity index (χ4n) is 4.15. The summed E-state index contributed by atoms with van der Waals surface area (Å²) < 4.78 is 2.17. The predicted molar refractivity (Wildman–Crippen MR) is 106 cm³/mol. The first-order valence-electron chi connectivity index (χ1n) is 9.70. The Bertz CT molecular complexity index is 913. The molecule has 0 radical (unpaired) electrons. The van der Waals surface area contributed by atoms with Gasteiger partial charge in [0, 0.05) is 19.6 Å². The number of aliphatic hydroxyl groups excluding tert-OH is 1. The molecule has 0 saturated heterocycles. The maximum Gasteiger partial charge on any atom is 0.123 e. The number of phenols is 1. The third kappa shape index (κ3) is 3.99. The number of phenolic OH excluding ortho intramolecular Hbond substituents is 1. The number of aryl methyl sites for hydroxylation is 1. The van der Waals surface area contributed by atoms with Crippen LogP contribution in [0, 0.1) is 0 Å². The van der Waals surface area contributed by atoms with Crippen LogP contribution in [0.25, 0.3) is 11.0 Å². The summed E-state index contributed by atoms with van der Waals surface area (Å²) in [5, 5.41) is 19.7. The maximum atomic E-state index is 9.90. The van der Waals surface area contributed by atoms with E-state index >= 15 is 0 Å². The molecule has 142 valence electrons. The van der Waals surface area contributed by atoms with Gasteiger partial charge in [-0.1, -0.05) is 24.3 Å². The number of nitrogens with zero attached hydrogens (tertiary/aromatic N) is 3. The summed E-state index contributed by atoms with van der Waals surface area (Å²) in [7, 11) is 2.07. The molecule has 1 fully saturated rings. The molecule has 0 bridgehead atoms. The van der Waals surface area contributed by atoms with E-state index in [1.54, 1.807) is 6.07 Å². The van der Waals surface area contributed by atoms with Crippen molar-refractivity contribution in [3.05, 3.63) is 59.9 Å². The highest BCUT2D eigenvalue weighted by Crippen LogP contribution is 2.27. The SMILES string of the molecule is Cn1c(CN(Cc2cccc(O)c2)C2CCC(O)CC2)nc2ccccc21. The van der Waals surface area contributed by atoms with Gasteiger partial charge in [0.25, 0.3) is 0 Å². The molecule has 0 aliphatic heterocycles. The second kappa shape index (κ2) is 7.71.